The molecule has 0 heterocycles. The van der Waals surface area contributed by atoms with Crippen LogP contribution in [0.4, 0.5) is 5.69 Å². The van der Waals surface area contributed by atoms with Crippen molar-refractivity contribution < 1.29 is 17.1 Å². The first kappa shape index (κ1) is 12.4. The summed E-state index contributed by atoms with van der Waals surface area (Å²) in [7, 11) is 2.43. The Labute approximate surface area is 92.0 Å². The zero-order valence-electron chi connectivity index (χ0n) is 7.13. The molecule has 2 aromatic carbocycles. The molecule has 0 saturated carbocycles. The minimum Gasteiger partial charge on any atom is -0.421 e. The number of hydrogen-bond acceptors (Lipinski definition) is 1. The second kappa shape index (κ2) is 8.07. The van der Waals surface area contributed by atoms with Crippen LogP contribution in [0.2, 0.25) is 0 Å². The average Bonchev–Trinajstić information content (AvgIpc) is 2.81. The first-order valence-electron chi connectivity index (χ1n) is 3.78. The largest absolute Gasteiger partial charge is 2.00 e. The second-order valence-electron chi connectivity index (χ2n) is 2.28. The van der Waals surface area contributed by atoms with Crippen LogP contribution in [0.1, 0.15) is 0 Å². The van der Waals surface area contributed by atoms with Gasteiger partial charge in [-0.2, -0.15) is 30.3 Å². The quantitative estimate of drug-likeness (QED) is 0.453. The maximum absolute atomic E-state index is 2.92. The van der Waals surface area contributed by atoms with Gasteiger partial charge in [0.15, 0.2) is 0 Å². The van der Waals surface area contributed by atoms with E-state index >= 15 is 0 Å². The SMILES string of the molecule is PN[c-]1cccc1.[Fe+2].c1cc[cH-]c1. The normalized spacial score (nSPS) is 7.77. The third kappa shape index (κ3) is 5.65. The summed E-state index contributed by atoms with van der Waals surface area (Å²) in [4.78, 5) is 0. The molecule has 1 unspecified atom stereocenters. The molecule has 0 fully saturated rings. The van der Waals surface area contributed by atoms with E-state index in [1.807, 2.05) is 54.6 Å². The van der Waals surface area contributed by atoms with Crippen molar-refractivity contribution in [2.45, 2.75) is 0 Å². The summed E-state index contributed by atoms with van der Waals surface area (Å²) in [6, 6.07) is 18.0. The van der Waals surface area contributed by atoms with Gasteiger partial charge >= 0.3 is 17.1 Å². The molecule has 1 atom stereocenters. The zero-order valence-corrected chi connectivity index (χ0v) is 9.39. The summed E-state index contributed by atoms with van der Waals surface area (Å²) in [5, 5.41) is 2.92. The molecule has 0 radical (unpaired) electrons. The standard InChI is InChI=1S/C5H7NP.C5H5.Fe/c7-6-5-3-1-2-4-5;1-2-4-5-3-1;/h1-4,6H,7H2;1-5H;/q2*-1;+2. The predicted octanol–water partition coefficient (Wildman–Crippen LogP) is 3.01. The van der Waals surface area contributed by atoms with Crippen LogP contribution in [0.25, 0.3) is 0 Å². The third-order valence-electron chi connectivity index (χ3n) is 1.38. The van der Waals surface area contributed by atoms with Crippen LogP contribution < -0.4 is 5.09 Å². The molecular weight excluding hydrogens is 221 g/mol. The van der Waals surface area contributed by atoms with Crippen LogP contribution >= 0.6 is 9.39 Å². The van der Waals surface area contributed by atoms with E-state index in [-0.39, 0.29) is 17.1 Å². The van der Waals surface area contributed by atoms with Crippen LogP contribution in [-0.2, 0) is 17.1 Å². The summed E-state index contributed by atoms with van der Waals surface area (Å²) < 4.78 is 0. The number of hydrogen-bond donors (Lipinski definition) is 1. The number of rotatable bonds is 1. The summed E-state index contributed by atoms with van der Waals surface area (Å²) in [6.45, 7) is 0. The van der Waals surface area contributed by atoms with Gasteiger partial charge in [-0.25, -0.2) is 24.3 Å². The third-order valence-corrected chi connectivity index (χ3v) is 1.72. The monoisotopic (exact) mass is 233 g/mol. The van der Waals surface area contributed by atoms with E-state index in [0.717, 1.165) is 5.69 Å². The second-order valence-corrected chi connectivity index (χ2v) is 2.57. The maximum atomic E-state index is 2.92. The number of anilines is 1. The van der Waals surface area contributed by atoms with Crippen molar-refractivity contribution in [3.8, 4) is 0 Å². The molecule has 2 aromatic rings. The molecule has 0 amide bonds. The van der Waals surface area contributed by atoms with Gasteiger partial charge in [0.1, 0.15) is 0 Å². The molecule has 13 heavy (non-hydrogen) atoms. The van der Waals surface area contributed by atoms with Gasteiger partial charge in [0.2, 0.25) is 0 Å². The molecule has 1 nitrogen and oxygen atoms in total. The van der Waals surface area contributed by atoms with Crippen LogP contribution in [0.5, 0.6) is 0 Å². The van der Waals surface area contributed by atoms with E-state index in [1.54, 1.807) is 0 Å². The van der Waals surface area contributed by atoms with Gasteiger partial charge in [0.25, 0.3) is 0 Å². The molecule has 0 aliphatic rings. The van der Waals surface area contributed by atoms with Crippen molar-refractivity contribution in [2.75, 3.05) is 5.09 Å². The van der Waals surface area contributed by atoms with Crippen molar-refractivity contribution in [1.29, 1.82) is 0 Å². The Morgan fingerprint density at radius 2 is 1.54 bits per heavy atom. The predicted molar refractivity (Wildman–Crippen MR) is 57.4 cm³/mol. The fraction of sp³-hybridized carbons (Fsp3) is 0. The Balaban J connectivity index is 0.000000215. The topological polar surface area (TPSA) is 12.0 Å². The van der Waals surface area contributed by atoms with Gasteiger partial charge in [-0.3, -0.25) is 0 Å². The average molecular weight is 233 g/mol. The fourth-order valence-electron chi connectivity index (χ4n) is 0.791. The summed E-state index contributed by atoms with van der Waals surface area (Å²) in [6.07, 6.45) is 0. The Hall–Kier alpha value is -0.551. The molecule has 70 valence electrons. The maximum Gasteiger partial charge on any atom is 2.00 e. The van der Waals surface area contributed by atoms with Gasteiger partial charge in [-0.05, 0) is 0 Å². The van der Waals surface area contributed by atoms with Crippen LogP contribution in [0, 0.1) is 0 Å². The minimum atomic E-state index is 0. The van der Waals surface area contributed by atoms with E-state index in [9.17, 15) is 0 Å². The molecular formula is C10H12FeNP. The summed E-state index contributed by atoms with van der Waals surface area (Å²) in [5.41, 5.74) is 1.14. The molecule has 0 aliphatic heterocycles. The zero-order chi connectivity index (χ0) is 8.65. The molecule has 0 bridgehead atoms. The van der Waals surface area contributed by atoms with Gasteiger partial charge in [0, 0.05) is 0 Å². The van der Waals surface area contributed by atoms with E-state index in [0.29, 0.717) is 0 Å². The first-order valence-corrected chi connectivity index (χ1v) is 4.36. The Bertz CT molecular complexity index is 246. The van der Waals surface area contributed by atoms with Gasteiger partial charge in [0.05, 0.1) is 0 Å². The van der Waals surface area contributed by atoms with Crippen LogP contribution in [0.15, 0.2) is 54.6 Å². The van der Waals surface area contributed by atoms with Crippen molar-refractivity contribution in [2.24, 2.45) is 0 Å². The Morgan fingerprint density at radius 1 is 1.00 bits per heavy atom. The molecule has 0 aliphatic carbocycles. The van der Waals surface area contributed by atoms with Crippen molar-refractivity contribution in [1.82, 2.24) is 0 Å². The Kier molecular flexibility index (Phi) is 7.72. The van der Waals surface area contributed by atoms with E-state index in [4.69, 9.17) is 0 Å². The first-order chi connectivity index (χ1) is 5.93. The van der Waals surface area contributed by atoms with Crippen LogP contribution in [-0.4, -0.2) is 0 Å². The summed E-state index contributed by atoms with van der Waals surface area (Å²) in [5.74, 6) is 0. The van der Waals surface area contributed by atoms with Crippen molar-refractivity contribution in [3.05, 3.63) is 54.6 Å². The molecule has 2 rings (SSSR count). The molecule has 0 spiro atoms. The van der Waals surface area contributed by atoms with Crippen molar-refractivity contribution >= 4 is 15.1 Å². The van der Waals surface area contributed by atoms with Gasteiger partial charge in [-0.1, -0.05) is 15.1 Å². The minimum absolute atomic E-state index is 0. The van der Waals surface area contributed by atoms with Crippen LogP contribution in [0.3, 0.4) is 0 Å². The van der Waals surface area contributed by atoms with Gasteiger partial charge < -0.3 is 5.09 Å². The smallest absolute Gasteiger partial charge is 0.421 e. The van der Waals surface area contributed by atoms with E-state index in [1.165, 1.54) is 0 Å². The summed E-state index contributed by atoms with van der Waals surface area (Å²) >= 11 is 0. The van der Waals surface area contributed by atoms with Gasteiger partial charge in [-0.15, -0.1) is 0 Å². The van der Waals surface area contributed by atoms with E-state index in [2.05, 4.69) is 14.5 Å². The fourth-order valence-corrected chi connectivity index (χ4v) is 0.983. The van der Waals surface area contributed by atoms with Crippen molar-refractivity contribution in [3.63, 3.8) is 0 Å². The number of nitrogens with one attached hydrogen (secondary N) is 1. The molecule has 0 aromatic heterocycles. The van der Waals surface area contributed by atoms with E-state index < -0.39 is 0 Å². The Morgan fingerprint density at radius 3 is 1.77 bits per heavy atom. The molecule has 0 saturated heterocycles. The molecule has 3 heteroatoms. The molecule has 1 N–H and O–H groups in total.